The number of rotatable bonds is 6. The molecule has 1 N–H and O–H groups in total. The van der Waals surface area contributed by atoms with Gasteiger partial charge in [-0.05, 0) is 43.7 Å². The molecule has 1 amide bonds. The summed E-state index contributed by atoms with van der Waals surface area (Å²) in [7, 11) is 1.58. The quantitative estimate of drug-likeness (QED) is 0.891. The minimum Gasteiger partial charge on any atom is -0.497 e. The predicted molar refractivity (Wildman–Crippen MR) is 86.6 cm³/mol. The van der Waals surface area contributed by atoms with E-state index in [4.69, 9.17) is 9.47 Å². The number of amides is 1. The van der Waals surface area contributed by atoms with Gasteiger partial charge in [0.05, 0.1) is 13.2 Å². The second kappa shape index (κ2) is 7.50. The monoisotopic (exact) mass is 299 g/mol. The Hall–Kier alpha value is -2.49. The summed E-state index contributed by atoms with van der Waals surface area (Å²) in [6.07, 6.45) is 0. The van der Waals surface area contributed by atoms with Crippen molar-refractivity contribution in [1.82, 2.24) is 5.32 Å². The summed E-state index contributed by atoms with van der Waals surface area (Å²) in [5.41, 5.74) is 1.65. The van der Waals surface area contributed by atoms with Gasteiger partial charge in [0.25, 0.3) is 5.91 Å². The topological polar surface area (TPSA) is 47.6 Å². The molecular formula is C18H21NO3. The van der Waals surface area contributed by atoms with E-state index in [-0.39, 0.29) is 11.9 Å². The van der Waals surface area contributed by atoms with E-state index >= 15 is 0 Å². The molecule has 0 aliphatic heterocycles. The van der Waals surface area contributed by atoms with Crippen LogP contribution in [0.1, 0.15) is 22.8 Å². The highest BCUT2D eigenvalue weighted by atomic mass is 16.5. The van der Waals surface area contributed by atoms with Crippen molar-refractivity contribution in [2.45, 2.75) is 19.9 Å². The summed E-state index contributed by atoms with van der Waals surface area (Å²) < 4.78 is 10.9. The largest absolute Gasteiger partial charge is 0.497 e. The molecule has 0 heterocycles. The molecule has 0 fully saturated rings. The van der Waals surface area contributed by atoms with Crippen molar-refractivity contribution in [3.63, 3.8) is 0 Å². The molecule has 0 bridgehead atoms. The van der Waals surface area contributed by atoms with Crippen molar-refractivity contribution in [3.8, 4) is 11.5 Å². The number of aryl methyl sites for hydroxylation is 1. The van der Waals surface area contributed by atoms with Crippen molar-refractivity contribution in [2.75, 3.05) is 13.7 Å². The van der Waals surface area contributed by atoms with Crippen LogP contribution in [-0.4, -0.2) is 25.7 Å². The molecule has 4 nitrogen and oxygen atoms in total. The molecule has 0 saturated carbocycles. The third kappa shape index (κ3) is 4.25. The number of hydrogen-bond donors (Lipinski definition) is 1. The van der Waals surface area contributed by atoms with Crippen LogP contribution in [0, 0.1) is 6.92 Å². The van der Waals surface area contributed by atoms with Crippen LogP contribution in [-0.2, 0) is 0 Å². The maximum Gasteiger partial charge on any atom is 0.251 e. The minimum atomic E-state index is -0.139. The van der Waals surface area contributed by atoms with Gasteiger partial charge in [0, 0.05) is 5.56 Å². The average molecular weight is 299 g/mol. The van der Waals surface area contributed by atoms with E-state index in [1.165, 1.54) is 0 Å². The SMILES string of the molecule is COc1cccc(C(=O)N[C@H](C)COc2ccccc2C)c1. The summed E-state index contributed by atoms with van der Waals surface area (Å²) in [4.78, 5) is 12.2. The second-order valence-electron chi connectivity index (χ2n) is 5.18. The molecule has 2 aromatic carbocycles. The molecule has 0 aliphatic carbocycles. The average Bonchev–Trinajstić information content (AvgIpc) is 2.54. The van der Waals surface area contributed by atoms with Crippen molar-refractivity contribution in [3.05, 3.63) is 59.7 Å². The second-order valence-corrected chi connectivity index (χ2v) is 5.18. The van der Waals surface area contributed by atoms with Gasteiger partial charge in [0.2, 0.25) is 0 Å². The molecule has 0 aliphatic rings. The van der Waals surface area contributed by atoms with Crippen LogP contribution >= 0.6 is 0 Å². The number of para-hydroxylation sites is 1. The maximum atomic E-state index is 12.2. The third-order valence-corrected chi connectivity index (χ3v) is 3.29. The first-order valence-electron chi connectivity index (χ1n) is 7.23. The van der Waals surface area contributed by atoms with E-state index in [0.717, 1.165) is 11.3 Å². The van der Waals surface area contributed by atoms with E-state index in [0.29, 0.717) is 17.9 Å². The minimum absolute atomic E-state index is 0.0988. The Morgan fingerprint density at radius 2 is 1.95 bits per heavy atom. The zero-order chi connectivity index (χ0) is 15.9. The molecule has 0 radical (unpaired) electrons. The van der Waals surface area contributed by atoms with E-state index in [9.17, 15) is 4.79 Å². The summed E-state index contributed by atoms with van der Waals surface area (Å²) in [6.45, 7) is 4.33. The van der Waals surface area contributed by atoms with Crippen LogP contribution in [0.25, 0.3) is 0 Å². The molecule has 1 atom stereocenters. The van der Waals surface area contributed by atoms with Crippen molar-refractivity contribution in [1.29, 1.82) is 0 Å². The number of benzene rings is 2. The Kier molecular flexibility index (Phi) is 5.42. The van der Waals surface area contributed by atoms with Crippen LogP contribution in [0.3, 0.4) is 0 Å². The van der Waals surface area contributed by atoms with Gasteiger partial charge in [-0.25, -0.2) is 0 Å². The Balaban J connectivity index is 1.90. The van der Waals surface area contributed by atoms with Gasteiger partial charge in [0.15, 0.2) is 0 Å². The zero-order valence-electron chi connectivity index (χ0n) is 13.1. The van der Waals surface area contributed by atoms with Crippen LogP contribution in [0.5, 0.6) is 11.5 Å². The maximum absolute atomic E-state index is 12.2. The number of methoxy groups -OCH3 is 1. The number of carbonyl (C=O) groups is 1. The first kappa shape index (κ1) is 15.9. The van der Waals surface area contributed by atoms with Crippen LogP contribution in [0.4, 0.5) is 0 Å². The molecule has 0 saturated heterocycles. The smallest absolute Gasteiger partial charge is 0.251 e. The lowest BCUT2D eigenvalue weighted by atomic mass is 10.2. The highest BCUT2D eigenvalue weighted by Gasteiger charge is 2.11. The molecule has 22 heavy (non-hydrogen) atoms. The van der Waals surface area contributed by atoms with Crippen LogP contribution in [0.15, 0.2) is 48.5 Å². The number of hydrogen-bond acceptors (Lipinski definition) is 3. The molecule has 2 aromatic rings. The van der Waals surface area contributed by atoms with Gasteiger partial charge in [0.1, 0.15) is 18.1 Å². The number of carbonyl (C=O) groups excluding carboxylic acids is 1. The summed E-state index contributed by atoms with van der Waals surface area (Å²) >= 11 is 0. The number of ether oxygens (including phenoxy) is 2. The molecule has 0 unspecified atom stereocenters. The highest BCUT2D eigenvalue weighted by molar-refractivity contribution is 5.94. The zero-order valence-corrected chi connectivity index (χ0v) is 13.1. The standard InChI is InChI=1S/C18H21NO3/c1-13-7-4-5-10-17(13)22-12-14(2)19-18(20)15-8-6-9-16(11-15)21-3/h4-11,14H,12H2,1-3H3,(H,19,20)/t14-/m1/s1. The van der Waals surface area contributed by atoms with Gasteiger partial charge >= 0.3 is 0 Å². The third-order valence-electron chi connectivity index (χ3n) is 3.29. The Morgan fingerprint density at radius 1 is 1.18 bits per heavy atom. The van der Waals surface area contributed by atoms with Crippen molar-refractivity contribution >= 4 is 5.91 Å². The lowest BCUT2D eigenvalue weighted by molar-refractivity contribution is 0.0926. The van der Waals surface area contributed by atoms with Crippen LogP contribution < -0.4 is 14.8 Å². The fraction of sp³-hybridized carbons (Fsp3) is 0.278. The molecule has 0 aromatic heterocycles. The van der Waals surface area contributed by atoms with Crippen molar-refractivity contribution in [2.24, 2.45) is 0 Å². The van der Waals surface area contributed by atoms with Gasteiger partial charge in [-0.2, -0.15) is 0 Å². The first-order chi connectivity index (χ1) is 10.6. The normalized spacial score (nSPS) is 11.6. The Morgan fingerprint density at radius 3 is 2.68 bits per heavy atom. The lowest BCUT2D eigenvalue weighted by Crippen LogP contribution is -2.36. The first-order valence-corrected chi connectivity index (χ1v) is 7.23. The van der Waals surface area contributed by atoms with Gasteiger partial charge in [-0.3, -0.25) is 4.79 Å². The summed E-state index contributed by atoms with van der Waals surface area (Å²) in [5, 5.41) is 2.92. The van der Waals surface area contributed by atoms with Crippen LogP contribution in [0.2, 0.25) is 0 Å². The Labute approximate surface area is 131 Å². The fourth-order valence-corrected chi connectivity index (χ4v) is 2.05. The van der Waals surface area contributed by atoms with E-state index in [1.807, 2.05) is 44.2 Å². The van der Waals surface area contributed by atoms with E-state index in [2.05, 4.69) is 5.32 Å². The molecule has 4 heteroatoms. The molecule has 2 rings (SSSR count). The predicted octanol–water partition coefficient (Wildman–Crippen LogP) is 3.20. The molecule has 0 spiro atoms. The summed E-state index contributed by atoms with van der Waals surface area (Å²) in [6, 6.07) is 14.8. The lowest BCUT2D eigenvalue weighted by Gasteiger charge is -2.16. The highest BCUT2D eigenvalue weighted by Crippen LogP contribution is 2.16. The molecule has 116 valence electrons. The Bertz CT molecular complexity index is 640. The van der Waals surface area contributed by atoms with Crippen molar-refractivity contribution < 1.29 is 14.3 Å². The van der Waals surface area contributed by atoms with Gasteiger partial charge < -0.3 is 14.8 Å². The van der Waals surface area contributed by atoms with E-state index in [1.54, 1.807) is 25.3 Å². The van der Waals surface area contributed by atoms with Gasteiger partial charge in [-0.15, -0.1) is 0 Å². The molecular weight excluding hydrogens is 278 g/mol. The fourth-order valence-electron chi connectivity index (χ4n) is 2.05. The number of nitrogens with one attached hydrogen (secondary N) is 1. The van der Waals surface area contributed by atoms with E-state index < -0.39 is 0 Å². The van der Waals surface area contributed by atoms with Gasteiger partial charge in [-0.1, -0.05) is 24.3 Å². The summed E-state index contributed by atoms with van der Waals surface area (Å²) in [5.74, 6) is 1.36.